The van der Waals surface area contributed by atoms with Crippen molar-refractivity contribution in [1.82, 2.24) is 4.57 Å². The molecule has 0 bridgehead atoms. The summed E-state index contributed by atoms with van der Waals surface area (Å²) < 4.78 is 5.89. The van der Waals surface area contributed by atoms with Gasteiger partial charge in [-0.2, -0.15) is 0 Å². The van der Waals surface area contributed by atoms with Gasteiger partial charge in [-0.1, -0.05) is 0 Å². The molecule has 1 heterocycles. The van der Waals surface area contributed by atoms with Crippen molar-refractivity contribution in [3.8, 4) is 0 Å². The second-order valence-electron chi connectivity index (χ2n) is 3.41. The number of hydrogen-bond acceptors (Lipinski definition) is 4. The maximum atomic E-state index is 12.0. The quantitative estimate of drug-likeness (QED) is 0.269. The Labute approximate surface area is 114 Å². The fourth-order valence-electron chi connectivity index (χ4n) is 1.30. The molecule has 0 aromatic carbocycles. The second kappa shape index (κ2) is 5.94. The summed E-state index contributed by atoms with van der Waals surface area (Å²) in [4.78, 5) is 34.4. The topological polar surface area (TPSA) is 88.6 Å². The van der Waals surface area contributed by atoms with Gasteiger partial charge in [0.15, 0.2) is 0 Å². The van der Waals surface area contributed by atoms with Gasteiger partial charge in [-0.25, -0.2) is 0 Å². The first-order valence-corrected chi connectivity index (χ1v) is 7.11. The second-order valence-corrected chi connectivity index (χ2v) is 5.80. The van der Waals surface area contributed by atoms with Crippen LogP contribution in [-0.2, 0) is 11.8 Å². The van der Waals surface area contributed by atoms with Crippen molar-refractivity contribution < 1.29 is 39.4 Å². The molecule has 0 radical (unpaired) electrons. The SMILES string of the molecule is CCOC(=O)c1cc(C)n(C)c(=O)c1[I-][N+](=O)O. The van der Waals surface area contributed by atoms with E-state index in [1.54, 1.807) is 13.8 Å². The fourth-order valence-corrected chi connectivity index (χ4v) is 2.92. The third-order valence-electron chi connectivity index (χ3n) is 2.26. The minimum absolute atomic E-state index is 0.0258. The number of halogens is 1. The van der Waals surface area contributed by atoms with E-state index in [1.807, 2.05) is 0 Å². The Kier molecular flexibility index (Phi) is 4.82. The molecule has 0 aliphatic rings. The van der Waals surface area contributed by atoms with Crippen molar-refractivity contribution in [3.05, 3.63) is 36.2 Å². The van der Waals surface area contributed by atoms with Gasteiger partial charge in [0.1, 0.15) is 0 Å². The van der Waals surface area contributed by atoms with Crippen LogP contribution >= 0.6 is 0 Å². The van der Waals surface area contributed by atoms with E-state index in [1.165, 1.54) is 17.7 Å². The summed E-state index contributed by atoms with van der Waals surface area (Å²) in [6, 6.07) is 1.48. The van der Waals surface area contributed by atoms with E-state index >= 15 is 0 Å². The van der Waals surface area contributed by atoms with Gasteiger partial charge < -0.3 is 0 Å². The summed E-state index contributed by atoms with van der Waals surface area (Å²) >= 11 is -1.65. The predicted octanol–water partition coefficient (Wildman–Crippen LogP) is -2.79. The van der Waals surface area contributed by atoms with Crippen LogP contribution in [0.3, 0.4) is 0 Å². The number of pyridine rings is 1. The van der Waals surface area contributed by atoms with Gasteiger partial charge in [0.05, 0.1) is 0 Å². The van der Waals surface area contributed by atoms with Gasteiger partial charge in [-0.05, 0) is 0 Å². The molecule has 0 atom stereocenters. The molecule has 1 aromatic rings. The molecule has 0 amide bonds. The van der Waals surface area contributed by atoms with Crippen LogP contribution in [0.15, 0.2) is 10.9 Å². The zero-order valence-corrected chi connectivity index (χ0v) is 12.3. The van der Waals surface area contributed by atoms with E-state index in [4.69, 9.17) is 9.94 Å². The van der Waals surface area contributed by atoms with Crippen LogP contribution < -0.4 is 27.0 Å². The Morgan fingerprint density at radius 1 is 1.61 bits per heavy atom. The molecule has 0 aliphatic heterocycles. The summed E-state index contributed by atoms with van der Waals surface area (Å²) in [5.41, 5.74) is 0.173. The van der Waals surface area contributed by atoms with E-state index in [9.17, 15) is 14.5 Å². The number of aromatic nitrogens is 1. The first kappa shape index (κ1) is 14.6. The zero-order valence-electron chi connectivity index (χ0n) is 10.1. The average molecular weight is 368 g/mol. The van der Waals surface area contributed by atoms with Crippen LogP contribution in [0.2, 0.25) is 0 Å². The summed E-state index contributed by atoms with van der Waals surface area (Å²) in [5, 5.41) is 8.75. The van der Waals surface area contributed by atoms with E-state index < -0.39 is 33.0 Å². The van der Waals surface area contributed by atoms with Crippen molar-refractivity contribution in [2.75, 3.05) is 6.61 Å². The van der Waals surface area contributed by atoms with Crippen LogP contribution in [0, 0.1) is 15.4 Å². The van der Waals surface area contributed by atoms with E-state index in [2.05, 4.69) is 0 Å². The molecule has 0 spiro atoms. The number of carbonyl (C=O) groups excluding carboxylic acids is 1. The molecule has 8 heteroatoms. The average Bonchev–Trinajstić information content (AvgIpc) is 2.29. The molecule has 0 aliphatic carbocycles. The number of carbonyl (C=O) groups is 1. The summed E-state index contributed by atoms with van der Waals surface area (Å²) in [6.07, 6.45) is 0. The molecule has 0 unspecified atom stereocenters. The Balaban J connectivity index is 3.43. The molecule has 1 N–H and O–H groups in total. The molecule has 0 fully saturated rings. The molecule has 0 saturated carbocycles. The Bertz CT molecular complexity index is 552. The van der Waals surface area contributed by atoms with Gasteiger partial charge in [-0.15, -0.1) is 0 Å². The van der Waals surface area contributed by atoms with Gasteiger partial charge in [0, 0.05) is 0 Å². The van der Waals surface area contributed by atoms with E-state index in [0.717, 1.165) is 0 Å². The van der Waals surface area contributed by atoms with Crippen LogP contribution in [0.5, 0.6) is 0 Å². The molecule has 1 aromatic heterocycles. The molecule has 0 saturated heterocycles. The summed E-state index contributed by atoms with van der Waals surface area (Å²) in [6.45, 7) is 3.48. The van der Waals surface area contributed by atoms with E-state index in [0.29, 0.717) is 5.69 Å². The molecular formula is C10H13IN2O5. The van der Waals surface area contributed by atoms with Gasteiger partial charge >= 0.3 is 114 Å². The van der Waals surface area contributed by atoms with Crippen molar-refractivity contribution in [1.29, 1.82) is 0 Å². The number of esters is 1. The molecule has 7 nitrogen and oxygen atoms in total. The van der Waals surface area contributed by atoms with Crippen LogP contribution in [-0.4, -0.2) is 25.5 Å². The van der Waals surface area contributed by atoms with Crippen LogP contribution in [0.25, 0.3) is 0 Å². The first-order valence-electron chi connectivity index (χ1n) is 5.07. The maximum absolute atomic E-state index is 12.0. The molecule has 18 heavy (non-hydrogen) atoms. The summed E-state index contributed by atoms with van der Waals surface area (Å²) in [5.74, 6) is -0.658. The number of ether oxygens (including phenoxy) is 1. The van der Waals surface area contributed by atoms with Crippen molar-refractivity contribution in [3.63, 3.8) is 0 Å². The predicted molar refractivity (Wildman–Crippen MR) is 56.5 cm³/mol. The van der Waals surface area contributed by atoms with Crippen molar-refractivity contribution in [2.24, 2.45) is 7.05 Å². The molecule has 1 rings (SSSR count). The number of hydrogen-bond donors (Lipinski definition) is 1. The molecular weight excluding hydrogens is 355 g/mol. The Morgan fingerprint density at radius 3 is 2.72 bits per heavy atom. The normalized spacial score (nSPS) is 10.4. The van der Waals surface area contributed by atoms with E-state index in [-0.39, 0.29) is 18.9 Å². The third-order valence-corrected chi connectivity index (χ3v) is 4.20. The van der Waals surface area contributed by atoms with Gasteiger partial charge in [0.25, 0.3) is 0 Å². The fraction of sp³-hybridized carbons (Fsp3) is 0.400. The number of aryl methyl sites for hydroxylation is 1. The Hall–Kier alpha value is -1.45. The number of rotatable bonds is 4. The zero-order chi connectivity index (χ0) is 13.9. The van der Waals surface area contributed by atoms with Crippen molar-refractivity contribution in [2.45, 2.75) is 13.8 Å². The third kappa shape index (κ3) is 3.06. The summed E-state index contributed by atoms with van der Waals surface area (Å²) in [7, 11) is 1.53. The van der Waals surface area contributed by atoms with Gasteiger partial charge in [0.2, 0.25) is 0 Å². The van der Waals surface area contributed by atoms with Crippen molar-refractivity contribution >= 4 is 5.97 Å². The van der Waals surface area contributed by atoms with Crippen LogP contribution in [0.4, 0.5) is 0 Å². The first-order chi connectivity index (χ1) is 8.38. The molecule has 100 valence electrons. The van der Waals surface area contributed by atoms with Gasteiger partial charge in [-0.3, -0.25) is 0 Å². The van der Waals surface area contributed by atoms with Crippen LogP contribution in [0.1, 0.15) is 23.0 Å². The number of nitrogens with zero attached hydrogens (tertiary/aromatic N) is 2. The Morgan fingerprint density at radius 2 is 2.22 bits per heavy atom. The minimum atomic E-state index is -1.65. The standard InChI is InChI=1S/C10H13IN2O5/c1-4-18-10(15)7-5-6(2)12(3)9(14)8(7)11-13(16)17/h5H,4H2,1-3H3,(H,16,17). The monoisotopic (exact) mass is 368 g/mol.